The third-order valence-electron chi connectivity index (χ3n) is 3.46. The lowest BCUT2D eigenvalue weighted by Crippen LogP contribution is -2.41. The molecule has 1 fully saturated rings. The highest BCUT2D eigenvalue weighted by Crippen LogP contribution is 2.25. The topological polar surface area (TPSA) is 74.2 Å². The SMILES string of the molecule is O=C(NCCc1nc2cc(Cl)ccc2s1)[C@@H]1C[C@H](O)CN1. The largest absolute Gasteiger partial charge is 0.392 e. The van der Waals surface area contributed by atoms with E-state index in [0.29, 0.717) is 31.0 Å². The van der Waals surface area contributed by atoms with Crippen LogP contribution in [0.25, 0.3) is 10.2 Å². The van der Waals surface area contributed by atoms with Crippen LogP contribution in [0, 0.1) is 0 Å². The van der Waals surface area contributed by atoms with Gasteiger partial charge in [0, 0.05) is 24.5 Å². The number of amides is 1. The van der Waals surface area contributed by atoms with E-state index in [1.807, 2.05) is 18.2 Å². The van der Waals surface area contributed by atoms with Crippen molar-refractivity contribution in [2.45, 2.75) is 25.0 Å². The molecule has 21 heavy (non-hydrogen) atoms. The summed E-state index contributed by atoms with van der Waals surface area (Å²) in [4.78, 5) is 16.4. The van der Waals surface area contributed by atoms with Crippen molar-refractivity contribution in [3.63, 3.8) is 0 Å². The van der Waals surface area contributed by atoms with Crippen molar-refractivity contribution in [2.75, 3.05) is 13.1 Å². The normalized spacial score (nSPS) is 21.8. The first kappa shape index (κ1) is 14.7. The Morgan fingerprint density at radius 3 is 3.19 bits per heavy atom. The van der Waals surface area contributed by atoms with Crippen LogP contribution in [0.2, 0.25) is 5.02 Å². The van der Waals surface area contributed by atoms with Crippen molar-refractivity contribution in [2.24, 2.45) is 0 Å². The van der Waals surface area contributed by atoms with Crippen molar-refractivity contribution in [3.8, 4) is 0 Å². The molecule has 0 saturated carbocycles. The molecule has 3 rings (SSSR count). The van der Waals surface area contributed by atoms with Crippen LogP contribution in [0.3, 0.4) is 0 Å². The molecule has 0 spiro atoms. The third-order valence-corrected chi connectivity index (χ3v) is 4.79. The van der Waals surface area contributed by atoms with Gasteiger partial charge in [-0.15, -0.1) is 11.3 Å². The molecule has 0 radical (unpaired) electrons. The van der Waals surface area contributed by atoms with E-state index in [9.17, 15) is 9.90 Å². The number of fused-ring (bicyclic) bond motifs is 1. The highest BCUT2D eigenvalue weighted by molar-refractivity contribution is 7.18. The van der Waals surface area contributed by atoms with Gasteiger partial charge in [0.15, 0.2) is 0 Å². The Kier molecular flexibility index (Phi) is 4.40. The number of benzene rings is 1. The first-order valence-electron chi connectivity index (χ1n) is 6.86. The molecule has 1 aromatic heterocycles. The first-order valence-corrected chi connectivity index (χ1v) is 8.05. The van der Waals surface area contributed by atoms with Gasteiger partial charge in [0.05, 0.1) is 27.4 Å². The molecule has 1 amide bonds. The van der Waals surface area contributed by atoms with E-state index in [2.05, 4.69) is 15.6 Å². The van der Waals surface area contributed by atoms with Crippen molar-refractivity contribution in [1.29, 1.82) is 0 Å². The summed E-state index contributed by atoms with van der Waals surface area (Å²) < 4.78 is 1.10. The summed E-state index contributed by atoms with van der Waals surface area (Å²) in [5, 5.41) is 16.9. The number of rotatable bonds is 4. The van der Waals surface area contributed by atoms with Gasteiger partial charge in [0.1, 0.15) is 0 Å². The second-order valence-corrected chi connectivity index (χ2v) is 6.66. The molecular weight excluding hydrogens is 310 g/mol. The molecule has 1 aliphatic rings. The second-order valence-electron chi connectivity index (χ2n) is 5.11. The van der Waals surface area contributed by atoms with Gasteiger partial charge >= 0.3 is 0 Å². The summed E-state index contributed by atoms with van der Waals surface area (Å²) in [6, 6.07) is 5.37. The Balaban J connectivity index is 1.53. The number of hydrogen-bond acceptors (Lipinski definition) is 5. The van der Waals surface area contributed by atoms with Crippen molar-refractivity contribution < 1.29 is 9.90 Å². The van der Waals surface area contributed by atoms with Crippen molar-refractivity contribution in [3.05, 3.63) is 28.2 Å². The van der Waals surface area contributed by atoms with E-state index >= 15 is 0 Å². The number of aliphatic hydroxyl groups excluding tert-OH is 1. The van der Waals surface area contributed by atoms with E-state index in [-0.39, 0.29) is 11.9 Å². The smallest absolute Gasteiger partial charge is 0.237 e. The Bertz CT molecular complexity index is 661. The minimum atomic E-state index is -0.422. The molecule has 0 aliphatic carbocycles. The fourth-order valence-electron chi connectivity index (χ4n) is 2.39. The highest BCUT2D eigenvalue weighted by atomic mass is 35.5. The minimum Gasteiger partial charge on any atom is -0.392 e. The van der Waals surface area contributed by atoms with Gasteiger partial charge in [0.2, 0.25) is 5.91 Å². The summed E-state index contributed by atoms with van der Waals surface area (Å²) in [6.45, 7) is 1.03. The molecule has 1 aromatic carbocycles. The van der Waals surface area contributed by atoms with Crippen LogP contribution < -0.4 is 10.6 Å². The average molecular weight is 326 g/mol. The molecule has 2 atom stereocenters. The maximum atomic E-state index is 11.9. The zero-order valence-electron chi connectivity index (χ0n) is 11.3. The summed E-state index contributed by atoms with van der Waals surface area (Å²) in [6.07, 6.45) is 0.749. The number of aromatic nitrogens is 1. The van der Waals surface area contributed by atoms with E-state index in [0.717, 1.165) is 15.2 Å². The van der Waals surface area contributed by atoms with Crippen LogP contribution in [-0.2, 0) is 11.2 Å². The molecule has 2 heterocycles. The standard InChI is InChI=1S/C14H16ClN3O2S/c15-8-1-2-12-10(5-8)18-13(21-12)3-4-16-14(20)11-6-9(19)7-17-11/h1-2,5,9,11,17,19H,3-4,6-7H2,(H,16,20)/t9-,11-/m0/s1. The summed E-state index contributed by atoms with van der Waals surface area (Å²) >= 11 is 7.55. The van der Waals surface area contributed by atoms with Crippen LogP contribution in [0.15, 0.2) is 18.2 Å². The molecule has 112 valence electrons. The van der Waals surface area contributed by atoms with E-state index in [4.69, 9.17) is 11.6 Å². The predicted molar refractivity (Wildman–Crippen MR) is 83.8 cm³/mol. The second kappa shape index (κ2) is 6.27. The number of nitrogens with zero attached hydrogens (tertiary/aromatic N) is 1. The van der Waals surface area contributed by atoms with E-state index < -0.39 is 6.10 Å². The number of nitrogens with one attached hydrogen (secondary N) is 2. The molecule has 1 saturated heterocycles. The lowest BCUT2D eigenvalue weighted by molar-refractivity contribution is -0.122. The Labute approximate surface area is 131 Å². The molecule has 0 bridgehead atoms. The maximum absolute atomic E-state index is 11.9. The third kappa shape index (κ3) is 3.52. The lowest BCUT2D eigenvalue weighted by Gasteiger charge is -2.10. The Hall–Kier alpha value is -1.21. The van der Waals surface area contributed by atoms with Gasteiger partial charge in [-0.3, -0.25) is 4.79 Å². The Morgan fingerprint density at radius 1 is 1.57 bits per heavy atom. The number of aliphatic hydroxyl groups is 1. The van der Waals surface area contributed by atoms with Gasteiger partial charge in [0.25, 0.3) is 0 Å². The molecule has 7 heteroatoms. The van der Waals surface area contributed by atoms with Gasteiger partial charge in [-0.2, -0.15) is 0 Å². The van der Waals surface area contributed by atoms with Crippen molar-refractivity contribution >= 4 is 39.1 Å². The zero-order chi connectivity index (χ0) is 14.8. The Morgan fingerprint density at radius 2 is 2.43 bits per heavy atom. The van der Waals surface area contributed by atoms with Crippen LogP contribution in [0.4, 0.5) is 0 Å². The molecule has 5 nitrogen and oxygen atoms in total. The van der Waals surface area contributed by atoms with E-state index in [1.54, 1.807) is 11.3 Å². The van der Waals surface area contributed by atoms with Crippen LogP contribution in [-0.4, -0.2) is 41.2 Å². The lowest BCUT2D eigenvalue weighted by atomic mass is 10.2. The fourth-order valence-corrected chi connectivity index (χ4v) is 3.50. The number of β-amino-alcohol motifs (C(OH)–C–C–N with tert-alkyl or cyclic N) is 1. The molecule has 0 unspecified atom stereocenters. The number of thiazole rings is 1. The number of halogens is 1. The number of carbonyl (C=O) groups excluding carboxylic acids is 1. The summed E-state index contributed by atoms with van der Waals surface area (Å²) in [7, 11) is 0. The molecular formula is C14H16ClN3O2S. The molecule has 3 N–H and O–H groups in total. The summed E-state index contributed by atoms with van der Waals surface area (Å²) in [5.74, 6) is -0.0595. The minimum absolute atomic E-state index is 0.0595. The highest BCUT2D eigenvalue weighted by Gasteiger charge is 2.27. The van der Waals surface area contributed by atoms with Gasteiger partial charge in [-0.25, -0.2) is 4.98 Å². The maximum Gasteiger partial charge on any atom is 0.237 e. The van der Waals surface area contributed by atoms with Gasteiger partial charge in [-0.05, 0) is 24.6 Å². The fraction of sp³-hybridized carbons (Fsp3) is 0.429. The van der Waals surface area contributed by atoms with E-state index in [1.165, 1.54) is 0 Å². The summed E-state index contributed by atoms with van der Waals surface area (Å²) in [5.41, 5.74) is 0.898. The van der Waals surface area contributed by atoms with Crippen LogP contribution >= 0.6 is 22.9 Å². The number of hydrogen-bond donors (Lipinski definition) is 3. The average Bonchev–Trinajstić information content (AvgIpc) is 3.04. The predicted octanol–water partition coefficient (Wildman–Crippen LogP) is 1.33. The van der Waals surface area contributed by atoms with Crippen molar-refractivity contribution in [1.82, 2.24) is 15.6 Å². The number of carbonyl (C=O) groups is 1. The van der Waals surface area contributed by atoms with Crippen LogP contribution in [0.1, 0.15) is 11.4 Å². The monoisotopic (exact) mass is 325 g/mol. The van der Waals surface area contributed by atoms with Gasteiger partial charge < -0.3 is 15.7 Å². The van der Waals surface area contributed by atoms with Gasteiger partial charge in [-0.1, -0.05) is 11.6 Å². The first-order chi connectivity index (χ1) is 10.1. The quantitative estimate of drug-likeness (QED) is 0.793. The molecule has 1 aliphatic heterocycles. The molecule has 2 aromatic rings. The van der Waals surface area contributed by atoms with Crippen LogP contribution in [0.5, 0.6) is 0 Å². The zero-order valence-corrected chi connectivity index (χ0v) is 12.9.